The van der Waals surface area contributed by atoms with Crippen LogP contribution in [-0.2, 0) is 17.3 Å². The number of aryl methyl sites for hydroxylation is 2. The van der Waals surface area contributed by atoms with Gasteiger partial charge in [0, 0.05) is 5.56 Å². The standard InChI is InChI=1S/C27H42N2/c1-18(2)24-23(27(8,9)10)25(29-17-28-24)20(4)14-12-16-21-15-11-13-19(3)22(21)26(5,6)7/h11,13,15,17-18,20H,12,14,16H2,1-10H3. The second kappa shape index (κ2) is 8.98. The molecule has 0 saturated heterocycles. The van der Waals surface area contributed by atoms with E-state index in [1.807, 2.05) is 0 Å². The zero-order chi connectivity index (χ0) is 22.0. The summed E-state index contributed by atoms with van der Waals surface area (Å²) in [7, 11) is 0. The van der Waals surface area contributed by atoms with Crippen molar-refractivity contribution >= 4 is 0 Å². The van der Waals surface area contributed by atoms with E-state index in [2.05, 4.69) is 92.4 Å². The van der Waals surface area contributed by atoms with E-state index in [9.17, 15) is 0 Å². The van der Waals surface area contributed by atoms with Gasteiger partial charge < -0.3 is 0 Å². The van der Waals surface area contributed by atoms with Crippen molar-refractivity contribution in [2.75, 3.05) is 0 Å². The van der Waals surface area contributed by atoms with Gasteiger partial charge in [0.25, 0.3) is 0 Å². The van der Waals surface area contributed by atoms with Gasteiger partial charge >= 0.3 is 0 Å². The van der Waals surface area contributed by atoms with Gasteiger partial charge in [-0.2, -0.15) is 0 Å². The van der Waals surface area contributed by atoms with Crippen molar-refractivity contribution in [3.05, 3.63) is 58.2 Å². The molecular weight excluding hydrogens is 352 g/mol. The summed E-state index contributed by atoms with van der Waals surface area (Å²) in [6.45, 7) is 22.9. The SMILES string of the molecule is Cc1cccc(CCCC(C)c2ncnc(C(C)C)c2C(C)(C)C)c1C(C)(C)C. The zero-order valence-corrected chi connectivity index (χ0v) is 20.5. The molecule has 2 aromatic rings. The Labute approximate surface area is 179 Å². The predicted octanol–water partition coefficient (Wildman–Crippen LogP) is 7.63. The smallest absolute Gasteiger partial charge is 0.115 e. The first kappa shape index (κ1) is 23.6. The molecule has 29 heavy (non-hydrogen) atoms. The molecular formula is C27H42N2. The third-order valence-electron chi connectivity index (χ3n) is 5.86. The van der Waals surface area contributed by atoms with E-state index < -0.39 is 0 Å². The molecule has 0 aliphatic carbocycles. The average molecular weight is 395 g/mol. The Morgan fingerprint density at radius 2 is 1.41 bits per heavy atom. The number of hydrogen-bond donors (Lipinski definition) is 0. The third kappa shape index (κ3) is 5.68. The summed E-state index contributed by atoms with van der Waals surface area (Å²) in [5, 5.41) is 0. The van der Waals surface area contributed by atoms with Gasteiger partial charge in [-0.25, -0.2) is 9.97 Å². The highest BCUT2D eigenvalue weighted by Crippen LogP contribution is 2.36. The van der Waals surface area contributed by atoms with Crippen LogP contribution in [0.4, 0.5) is 0 Å². The fourth-order valence-electron chi connectivity index (χ4n) is 4.74. The van der Waals surface area contributed by atoms with E-state index in [4.69, 9.17) is 4.98 Å². The fourth-order valence-corrected chi connectivity index (χ4v) is 4.74. The Bertz CT molecular complexity index is 819. The van der Waals surface area contributed by atoms with Gasteiger partial charge in [0.05, 0.1) is 11.4 Å². The van der Waals surface area contributed by atoms with Crippen molar-refractivity contribution in [1.29, 1.82) is 0 Å². The van der Waals surface area contributed by atoms with E-state index in [1.165, 1.54) is 40.1 Å². The summed E-state index contributed by atoms with van der Waals surface area (Å²) in [5.41, 5.74) is 8.49. The molecule has 0 radical (unpaired) electrons. The number of nitrogens with zero attached hydrogens (tertiary/aromatic N) is 2. The summed E-state index contributed by atoms with van der Waals surface area (Å²) in [6.07, 6.45) is 5.23. The highest BCUT2D eigenvalue weighted by Gasteiger charge is 2.27. The van der Waals surface area contributed by atoms with Gasteiger partial charge in [-0.1, -0.05) is 80.5 Å². The molecule has 1 atom stereocenters. The largest absolute Gasteiger partial charge is 0.241 e. The van der Waals surface area contributed by atoms with Crippen molar-refractivity contribution in [1.82, 2.24) is 9.97 Å². The van der Waals surface area contributed by atoms with Crippen LogP contribution in [0.3, 0.4) is 0 Å². The van der Waals surface area contributed by atoms with Crippen molar-refractivity contribution in [2.45, 2.75) is 111 Å². The molecule has 1 unspecified atom stereocenters. The molecule has 2 heteroatoms. The maximum atomic E-state index is 4.77. The van der Waals surface area contributed by atoms with E-state index in [0.717, 1.165) is 12.8 Å². The van der Waals surface area contributed by atoms with Gasteiger partial charge in [0.1, 0.15) is 6.33 Å². The Balaban J connectivity index is 2.23. The third-order valence-corrected chi connectivity index (χ3v) is 5.86. The monoisotopic (exact) mass is 394 g/mol. The van der Waals surface area contributed by atoms with Crippen LogP contribution in [0.25, 0.3) is 0 Å². The molecule has 0 fully saturated rings. The minimum atomic E-state index is 0.0560. The van der Waals surface area contributed by atoms with Crippen molar-refractivity contribution in [2.24, 2.45) is 0 Å². The number of hydrogen-bond acceptors (Lipinski definition) is 2. The van der Waals surface area contributed by atoms with Crippen LogP contribution in [-0.4, -0.2) is 9.97 Å². The number of benzene rings is 1. The van der Waals surface area contributed by atoms with E-state index in [0.29, 0.717) is 11.8 Å². The van der Waals surface area contributed by atoms with Crippen molar-refractivity contribution < 1.29 is 0 Å². The second-order valence-corrected chi connectivity index (χ2v) is 11.1. The zero-order valence-electron chi connectivity index (χ0n) is 20.5. The molecule has 0 bridgehead atoms. The number of aromatic nitrogens is 2. The average Bonchev–Trinajstić information content (AvgIpc) is 2.59. The quantitative estimate of drug-likeness (QED) is 0.503. The first-order valence-electron chi connectivity index (χ1n) is 11.3. The highest BCUT2D eigenvalue weighted by atomic mass is 14.9. The Kier molecular flexibility index (Phi) is 7.30. The van der Waals surface area contributed by atoms with Crippen molar-refractivity contribution in [3.63, 3.8) is 0 Å². The molecule has 0 saturated carbocycles. The van der Waals surface area contributed by atoms with Crippen LogP contribution in [0.1, 0.15) is 121 Å². The van der Waals surface area contributed by atoms with Crippen LogP contribution in [0.2, 0.25) is 0 Å². The van der Waals surface area contributed by atoms with Crippen LogP contribution in [0, 0.1) is 6.92 Å². The minimum Gasteiger partial charge on any atom is -0.241 e. The molecule has 0 aliphatic rings. The summed E-state index contributed by atoms with van der Waals surface area (Å²) in [6, 6.07) is 6.78. The van der Waals surface area contributed by atoms with Crippen LogP contribution in [0.5, 0.6) is 0 Å². The Hall–Kier alpha value is -1.70. The Morgan fingerprint density at radius 3 is 1.97 bits per heavy atom. The van der Waals surface area contributed by atoms with Gasteiger partial charge in [0.2, 0.25) is 0 Å². The van der Waals surface area contributed by atoms with Gasteiger partial charge in [-0.3, -0.25) is 0 Å². The lowest BCUT2D eigenvalue weighted by molar-refractivity contribution is 0.528. The van der Waals surface area contributed by atoms with E-state index in [-0.39, 0.29) is 10.8 Å². The highest BCUT2D eigenvalue weighted by molar-refractivity contribution is 5.40. The molecule has 0 spiro atoms. The van der Waals surface area contributed by atoms with Gasteiger partial charge in [-0.15, -0.1) is 0 Å². The second-order valence-electron chi connectivity index (χ2n) is 11.1. The molecule has 1 aromatic carbocycles. The van der Waals surface area contributed by atoms with Gasteiger partial charge in [-0.05, 0) is 65.5 Å². The summed E-state index contributed by atoms with van der Waals surface area (Å²) >= 11 is 0. The fraction of sp³-hybridized carbons (Fsp3) is 0.630. The van der Waals surface area contributed by atoms with Crippen LogP contribution < -0.4 is 0 Å². The molecule has 160 valence electrons. The molecule has 0 amide bonds. The summed E-state index contributed by atoms with van der Waals surface area (Å²) in [5.74, 6) is 0.854. The minimum absolute atomic E-state index is 0.0560. The lowest BCUT2D eigenvalue weighted by Crippen LogP contribution is -2.21. The molecule has 1 aromatic heterocycles. The number of rotatable bonds is 6. The molecule has 2 rings (SSSR count). The molecule has 1 heterocycles. The molecule has 0 N–H and O–H groups in total. The maximum Gasteiger partial charge on any atom is 0.115 e. The van der Waals surface area contributed by atoms with Crippen LogP contribution in [0.15, 0.2) is 24.5 Å². The normalized spacial score (nSPS) is 13.8. The lowest BCUT2D eigenvalue weighted by Gasteiger charge is -2.29. The van der Waals surface area contributed by atoms with E-state index in [1.54, 1.807) is 6.33 Å². The van der Waals surface area contributed by atoms with Crippen LogP contribution >= 0.6 is 0 Å². The summed E-state index contributed by atoms with van der Waals surface area (Å²) in [4.78, 5) is 9.43. The maximum absolute atomic E-state index is 4.77. The first-order chi connectivity index (χ1) is 13.3. The predicted molar refractivity (Wildman–Crippen MR) is 126 cm³/mol. The topological polar surface area (TPSA) is 25.8 Å². The van der Waals surface area contributed by atoms with E-state index >= 15 is 0 Å². The molecule has 0 aliphatic heterocycles. The Morgan fingerprint density at radius 1 is 0.828 bits per heavy atom. The first-order valence-corrected chi connectivity index (χ1v) is 11.3. The van der Waals surface area contributed by atoms with Crippen molar-refractivity contribution in [3.8, 4) is 0 Å². The lowest BCUT2D eigenvalue weighted by atomic mass is 9.78. The molecule has 2 nitrogen and oxygen atoms in total. The van der Waals surface area contributed by atoms with Gasteiger partial charge in [0.15, 0.2) is 0 Å². The summed E-state index contributed by atoms with van der Waals surface area (Å²) < 4.78 is 0.